The summed E-state index contributed by atoms with van der Waals surface area (Å²) in [6, 6.07) is 3.49. The summed E-state index contributed by atoms with van der Waals surface area (Å²) in [5.41, 5.74) is -0.374. The first-order chi connectivity index (χ1) is 8.36. The van der Waals surface area contributed by atoms with E-state index in [0.29, 0.717) is 12.3 Å². The van der Waals surface area contributed by atoms with E-state index in [2.05, 4.69) is 5.32 Å². The molecule has 2 unspecified atom stereocenters. The molecule has 0 amide bonds. The molecule has 2 nitrogen and oxygen atoms in total. The quantitative estimate of drug-likeness (QED) is 0.885. The van der Waals surface area contributed by atoms with Crippen LogP contribution in [0.5, 0.6) is 0 Å². The highest BCUT2D eigenvalue weighted by Gasteiger charge is 2.31. The fourth-order valence-electron chi connectivity index (χ4n) is 1.97. The van der Waals surface area contributed by atoms with Gasteiger partial charge in [-0.1, -0.05) is 11.6 Å². The van der Waals surface area contributed by atoms with Gasteiger partial charge in [0, 0.05) is 17.3 Å². The van der Waals surface area contributed by atoms with Crippen LogP contribution in [0.4, 0.5) is 18.9 Å². The van der Waals surface area contributed by atoms with Gasteiger partial charge >= 0.3 is 6.18 Å². The minimum atomic E-state index is -4.39. The molecule has 0 bridgehead atoms. The van der Waals surface area contributed by atoms with Crippen LogP contribution in [0.1, 0.15) is 18.9 Å². The Balaban J connectivity index is 2.20. The molecular formula is C12H13ClF3NO. The Morgan fingerprint density at radius 3 is 2.61 bits per heavy atom. The highest BCUT2D eigenvalue weighted by Crippen LogP contribution is 2.33. The fraction of sp³-hybridized carbons (Fsp3) is 0.500. The first-order valence-corrected chi connectivity index (χ1v) is 6.00. The Kier molecular flexibility index (Phi) is 3.73. The first-order valence-electron chi connectivity index (χ1n) is 5.62. The molecule has 1 fully saturated rings. The first kappa shape index (κ1) is 13.5. The maximum absolute atomic E-state index is 12.6. The molecule has 0 spiro atoms. The predicted molar refractivity (Wildman–Crippen MR) is 63.9 cm³/mol. The van der Waals surface area contributed by atoms with Gasteiger partial charge < -0.3 is 10.1 Å². The van der Waals surface area contributed by atoms with Gasteiger partial charge in [0.1, 0.15) is 0 Å². The summed E-state index contributed by atoms with van der Waals surface area (Å²) >= 11 is 5.71. The lowest BCUT2D eigenvalue weighted by atomic mass is 10.1. The smallest absolute Gasteiger partial charge is 0.380 e. The maximum atomic E-state index is 12.6. The monoisotopic (exact) mass is 279 g/mol. The van der Waals surface area contributed by atoms with Gasteiger partial charge in [0.25, 0.3) is 0 Å². The van der Waals surface area contributed by atoms with Gasteiger partial charge in [0.05, 0.1) is 17.7 Å². The Bertz CT molecular complexity index is 436. The van der Waals surface area contributed by atoms with Crippen molar-refractivity contribution in [2.45, 2.75) is 31.7 Å². The second-order valence-electron chi connectivity index (χ2n) is 4.34. The summed E-state index contributed by atoms with van der Waals surface area (Å²) < 4.78 is 43.2. The van der Waals surface area contributed by atoms with Crippen molar-refractivity contribution in [3.8, 4) is 0 Å². The summed E-state index contributed by atoms with van der Waals surface area (Å²) in [7, 11) is 0. The lowest BCUT2D eigenvalue weighted by Crippen LogP contribution is -2.26. The molecule has 0 aliphatic carbocycles. The topological polar surface area (TPSA) is 21.3 Å². The molecule has 18 heavy (non-hydrogen) atoms. The van der Waals surface area contributed by atoms with Crippen LogP contribution in [0.15, 0.2) is 18.2 Å². The van der Waals surface area contributed by atoms with Crippen LogP contribution in [-0.2, 0) is 10.9 Å². The molecule has 100 valence electrons. The number of hydrogen-bond acceptors (Lipinski definition) is 2. The third-order valence-corrected chi connectivity index (χ3v) is 3.17. The third-order valence-electron chi connectivity index (χ3n) is 2.95. The van der Waals surface area contributed by atoms with Crippen molar-refractivity contribution in [3.05, 3.63) is 28.8 Å². The second-order valence-corrected chi connectivity index (χ2v) is 4.78. The van der Waals surface area contributed by atoms with Crippen LogP contribution in [0.2, 0.25) is 5.02 Å². The molecule has 1 heterocycles. The molecule has 0 aromatic heterocycles. The SMILES string of the molecule is CC1OCCC1Nc1cc(Cl)cc(C(F)(F)F)c1. The summed E-state index contributed by atoms with van der Waals surface area (Å²) in [5.74, 6) is 0. The molecule has 1 aromatic carbocycles. The number of ether oxygens (including phenoxy) is 1. The average molecular weight is 280 g/mol. The molecule has 0 radical (unpaired) electrons. The van der Waals surface area contributed by atoms with E-state index in [4.69, 9.17) is 16.3 Å². The van der Waals surface area contributed by atoms with E-state index in [1.54, 1.807) is 0 Å². The van der Waals surface area contributed by atoms with Crippen LogP contribution in [0.3, 0.4) is 0 Å². The molecule has 2 atom stereocenters. The number of rotatable bonds is 2. The Morgan fingerprint density at radius 1 is 1.33 bits per heavy atom. The van der Waals surface area contributed by atoms with E-state index in [-0.39, 0.29) is 17.2 Å². The van der Waals surface area contributed by atoms with Gasteiger partial charge in [0.2, 0.25) is 0 Å². The van der Waals surface area contributed by atoms with Crippen LogP contribution in [-0.4, -0.2) is 18.8 Å². The summed E-state index contributed by atoms with van der Waals surface area (Å²) in [6.07, 6.45) is -3.63. The van der Waals surface area contributed by atoms with Gasteiger partial charge in [-0.2, -0.15) is 13.2 Å². The van der Waals surface area contributed by atoms with Crippen LogP contribution in [0.25, 0.3) is 0 Å². The number of anilines is 1. The zero-order valence-corrected chi connectivity index (χ0v) is 10.5. The Labute approximate surface area is 108 Å². The number of halogens is 4. The predicted octanol–water partition coefficient (Wildman–Crippen LogP) is 3.95. The Morgan fingerprint density at radius 2 is 2.06 bits per heavy atom. The van der Waals surface area contributed by atoms with Crippen LogP contribution < -0.4 is 5.32 Å². The summed E-state index contributed by atoms with van der Waals surface area (Å²) in [6.45, 7) is 2.51. The minimum Gasteiger partial charge on any atom is -0.380 e. The van der Waals surface area contributed by atoms with E-state index < -0.39 is 11.7 Å². The van der Waals surface area contributed by atoms with Crippen molar-refractivity contribution in [2.24, 2.45) is 0 Å². The van der Waals surface area contributed by atoms with Crippen molar-refractivity contribution < 1.29 is 17.9 Å². The number of alkyl halides is 3. The number of nitrogens with one attached hydrogen (secondary N) is 1. The lowest BCUT2D eigenvalue weighted by Gasteiger charge is -2.18. The highest BCUT2D eigenvalue weighted by atomic mass is 35.5. The van der Waals surface area contributed by atoms with E-state index in [1.807, 2.05) is 6.92 Å². The number of benzene rings is 1. The molecule has 1 N–H and O–H groups in total. The Hall–Kier alpha value is -0.940. The highest BCUT2D eigenvalue weighted by molar-refractivity contribution is 6.30. The normalized spacial score (nSPS) is 24.3. The largest absolute Gasteiger partial charge is 0.416 e. The van der Waals surface area contributed by atoms with E-state index >= 15 is 0 Å². The van der Waals surface area contributed by atoms with E-state index in [0.717, 1.165) is 18.6 Å². The van der Waals surface area contributed by atoms with Crippen molar-refractivity contribution in [1.29, 1.82) is 0 Å². The maximum Gasteiger partial charge on any atom is 0.416 e. The molecule has 1 saturated heterocycles. The number of hydrogen-bond donors (Lipinski definition) is 1. The molecule has 1 aromatic rings. The van der Waals surface area contributed by atoms with Crippen LogP contribution in [0, 0.1) is 0 Å². The van der Waals surface area contributed by atoms with Crippen LogP contribution >= 0.6 is 11.6 Å². The minimum absolute atomic E-state index is 0.0154. The standard InChI is InChI=1S/C12H13ClF3NO/c1-7-11(2-3-18-7)17-10-5-8(12(14,15)16)4-9(13)6-10/h4-7,11,17H,2-3H2,1H3. The molecule has 1 aliphatic rings. The summed E-state index contributed by atoms with van der Waals surface area (Å²) in [4.78, 5) is 0. The average Bonchev–Trinajstić information content (AvgIpc) is 2.62. The van der Waals surface area contributed by atoms with Gasteiger partial charge in [-0.15, -0.1) is 0 Å². The molecule has 0 saturated carbocycles. The van der Waals surface area contributed by atoms with Gasteiger partial charge in [0.15, 0.2) is 0 Å². The van der Waals surface area contributed by atoms with E-state index in [1.165, 1.54) is 6.07 Å². The van der Waals surface area contributed by atoms with E-state index in [9.17, 15) is 13.2 Å². The van der Waals surface area contributed by atoms with Gasteiger partial charge in [-0.3, -0.25) is 0 Å². The zero-order chi connectivity index (χ0) is 13.3. The fourth-order valence-corrected chi connectivity index (χ4v) is 2.21. The second kappa shape index (κ2) is 4.97. The molecule has 6 heteroatoms. The van der Waals surface area contributed by atoms with Crippen molar-refractivity contribution in [1.82, 2.24) is 0 Å². The third kappa shape index (κ3) is 3.09. The van der Waals surface area contributed by atoms with Gasteiger partial charge in [-0.25, -0.2) is 0 Å². The lowest BCUT2D eigenvalue weighted by molar-refractivity contribution is -0.137. The molecule has 2 rings (SSSR count). The molecule has 1 aliphatic heterocycles. The zero-order valence-electron chi connectivity index (χ0n) is 9.72. The van der Waals surface area contributed by atoms with Crippen molar-refractivity contribution in [3.63, 3.8) is 0 Å². The van der Waals surface area contributed by atoms with Gasteiger partial charge in [-0.05, 0) is 31.5 Å². The van der Waals surface area contributed by atoms with Crippen molar-refractivity contribution >= 4 is 17.3 Å². The molecular weight excluding hydrogens is 267 g/mol. The summed E-state index contributed by atoms with van der Waals surface area (Å²) in [5, 5.41) is 3.10. The van der Waals surface area contributed by atoms with Crippen molar-refractivity contribution in [2.75, 3.05) is 11.9 Å².